The van der Waals surface area contributed by atoms with Gasteiger partial charge >= 0.3 is 6.09 Å². The van der Waals surface area contributed by atoms with Crippen LogP contribution in [0.25, 0.3) is 10.2 Å². The van der Waals surface area contributed by atoms with Gasteiger partial charge in [-0.15, -0.1) is 0 Å². The molecular formula is C21H21ClN2O4S. The van der Waals surface area contributed by atoms with E-state index in [9.17, 15) is 4.79 Å². The minimum Gasteiger partial charge on any atom is -0.483 e. The van der Waals surface area contributed by atoms with E-state index in [0.29, 0.717) is 34.8 Å². The number of carbonyl (C=O) groups is 1. The van der Waals surface area contributed by atoms with E-state index in [2.05, 4.69) is 4.98 Å². The summed E-state index contributed by atoms with van der Waals surface area (Å²) in [6.07, 6.45) is -0.493. The molecule has 152 valence electrons. The van der Waals surface area contributed by atoms with Crippen LogP contribution in [0.4, 0.5) is 4.79 Å². The van der Waals surface area contributed by atoms with Gasteiger partial charge in [0, 0.05) is 11.1 Å². The van der Waals surface area contributed by atoms with Crippen molar-refractivity contribution in [2.45, 2.75) is 32.5 Å². The normalized spacial score (nSPS) is 14.6. The molecule has 0 aliphatic carbocycles. The minimum absolute atomic E-state index is 0.154. The second-order valence-electron chi connectivity index (χ2n) is 7.77. The molecule has 1 aliphatic heterocycles. The van der Waals surface area contributed by atoms with Gasteiger partial charge in [0.1, 0.15) is 11.7 Å². The Morgan fingerprint density at radius 1 is 1.17 bits per heavy atom. The van der Waals surface area contributed by atoms with Crippen LogP contribution < -0.4 is 9.47 Å². The summed E-state index contributed by atoms with van der Waals surface area (Å²) in [6.45, 7) is 6.42. The molecule has 29 heavy (non-hydrogen) atoms. The summed E-state index contributed by atoms with van der Waals surface area (Å²) in [6, 6.07) is 13.1. The molecule has 8 heteroatoms. The Labute approximate surface area is 178 Å². The highest BCUT2D eigenvalue weighted by Gasteiger charge is 2.35. The van der Waals surface area contributed by atoms with E-state index in [1.165, 1.54) is 11.3 Å². The molecule has 1 aliphatic rings. The van der Waals surface area contributed by atoms with Gasteiger partial charge in [-0.05, 0) is 45.0 Å². The van der Waals surface area contributed by atoms with E-state index >= 15 is 0 Å². The minimum atomic E-state index is -0.520. The molecule has 0 spiro atoms. The fraction of sp³-hybridized carbons (Fsp3) is 0.333. The quantitative estimate of drug-likeness (QED) is 0.526. The maximum Gasteiger partial charge on any atom is 0.410 e. The molecule has 0 atom stereocenters. The fourth-order valence-electron chi connectivity index (χ4n) is 2.81. The number of hydrogen-bond acceptors (Lipinski definition) is 6. The number of carbonyl (C=O) groups excluding carboxylic acids is 1. The van der Waals surface area contributed by atoms with E-state index < -0.39 is 5.60 Å². The molecule has 1 amide bonds. The second-order valence-corrected chi connectivity index (χ2v) is 9.20. The molecule has 0 bridgehead atoms. The van der Waals surface area contributed by atoms with Gasteiger partial charge in [-0.2, -0.15) is 0 Å². The molecule has 0 saturated carbocycles. The number of thiazole rings is 1. The molecule has 1 saturated heterocycles. The Kier molecular flexibility index (Phi) is 5.27. The van der Waals surface area contributed by atoms with Crippen molar-refractivity contribution in [3.05, 3.63) is 47.5 Å². The van der Waals surface area contributed by atoms with Crippen molar-refractivity contribution in [3.63, 3.8) is 0 Å². The van der Waals surface area contributed by atoms with E-state index in [1.807, 2.05) is 45.0 Å². The Bertz CT molecular complexity index is 1010. The Hall–Kier alpha value is -2.51. The highest BCUT2D eigenvalue weighted by atomic mass is 35.5. The molecule has 3 aromatic rings. The zero-order valence-electron chi connectivity index (χ0n) is 16.3. The van der Waals surface area contributed by atoms with Crippen molar-refractivity contribution in [2.24, 2.45) is 0 Å². The van der Waals surface area contributed by atoms with Gasteiger partial charge < -0.3 is 19.1 Å². The highest BCUT2D eigenvalue weighted by Crippen LogP contribution is 2.38. The summed E-state index contributed by atoms with van der Waals surface area (Å²) >= 11 is 7.61. The first-order valence-corrected chi connectivity index (χ1v) is 10.4. The molecule has 2 aromatic carbocycles. The van der Waals surface area contributed by atoms with Crippen LogP contribution in [0, 0.1) is 0 Å². The molecule has 2 heterocycles. The van der Waals surface area contributed by atoms with Gasteiger partial charge in [-0.25, -0.2) is 9.78 Å². The summed E-state index contributed by atoms with van der Waals surface area (Å²) in [5.74, 6) is 1.05. The molecule has 4 rings (SSSR count). The van der Waals surface area contributed by atoms with E-state index in [0.717, 1.165) is 10.2 Å². The van der Waals surface area contributed by atoms with Crippen molar-refractivity contribution in [2.75, 3.05) is 13.1 Å². The van der Waals surface area contributed by atoms with Crippen molar-refractivity contribution in [1.29, 1.82) is 0 Å². The molecular weight excluding hydrogens is 412 g/mol. The lowest BCUT2D eigenvalue weighted by atomic mass is 10.1. The number of para-hydroxylation sites is 1. The number of fused-ring (bicyclic) bond motifs is 1. The predicted molar refractivity (Wildman–Crippen MR) is 113 cm³/mol. The first-order valence-electron chi connectivity index (χ1n) is 9.24. The average molecular weight is 433 g/mol. The van der Waals surface area contributed by atoms with Crippen molar-refractivity contribution in [3.8, 4) is 16.7 Å². The molecule has 0 unspecified atom stereocenters. The van der Waals surface area contributed by atoms with Crippen LogP contribution in [0.1, 0.15) is 20.8 Å². The van der Waals surface area contributed by atoms with Crippen LogP contribution >= 0.6 is 22.9 Å². The number of aromatic nitrogens is 1. The summed E-state index contributed by atoms with van der Waals surface area (Å²) in [7, 11) is 0. The molecule has 1 fully saturated rings. The van der Waals surface area contributed by atoms with Gasteiger partial charge in [-0.1, -0.05) is 35.1 Å². The Morgan fingerprint density at radius 2 is 1.93 bits per heavy atom. The summed E-state index contributed by atoms with van der Waals surface area (Å²) in [5, 5.41) is 1.07. The zero-order chi connectivity index (χ0) is 20.6. The van der Waals surface area contributed by atoms with Crippen LogP contribution in [0.3, 0.4) is 0 Å². The number of rotatable bonds is 4. The molecule has 0 N–H and O–H groups in total. The Morgan fingerprint density at radius 3 is 2.66 bits per heavy atom. The number of hydrogen-bond donors (Lipinski definition) is 0. The maximum absolute atomic E-state index is 12.1. The lowest BCUT2D eigenvalue weighted by Gasteiger charge is -2.39. The van der Waals surface area contributed by atoms with Gasteiger partial charge in [-0.3, -0.25) is 0 Å². The lowest BCUT2D eigenvalue weighted by Crippen LogP contribution is -2.57. The van der Waals surface area contributed by atoms with Crippen molar-refractivity contribution < 1.29 is 19.0 Å². The summed E-state index contributed by atoms with van der Waals surface area (Å²) in [4.78, 5) is 18.2. The van der Waals surface area contributed by atoms with Crippen LogP contribution in [-0.4, -0.2) is 40.8 Å². The second kappa shape index (κ2) is 7.72. The van der Waals surface area contributed by atoms with Gasteiger partial charge in [0.25, 0.3) is 5.19 Å². The van der Waals surface area contributed by atoms with Gasteiger partial charge in [0.2, 0.25) is 0 Å². The fourth-order valence-corrected chi connectivity index (χ4v) is 3.81. The van der Waals surface area contributed by atoms with Crippen LogP contribution in [-0.2, 0) is 4.74 Å². The van der Waals surface area contributed by atoms with Crippen molar-refractivity contribution >= 4 is 39.2 Å². The molecule has 6 nitrogen and oxygen atoms in total. The highest BCUT2D eigenvalue weighted by molar-refractivity contribution is 7.20. The van der Waals surface area contributed by atoms with Crippen LogP contribution in [0.5, 0.6) is 16.7 Å². The smallest absolute Gasteiger partial charge is 0.410 e. The lowest BCUT2D eigenvalue weighted by molar-refractivity contribution is -0.0225. The standard InChI is InChI=1S/C21H21ClN2O4S/c1-21(2,3)28-20(25)24-11-14(12-24)26-17-10-13(22)8-9-16(17)27-19-23-15-6-4-5-7-18(15)29-19/h4-10,14H,11-12H2,1-3H3. The first kappa shape index (κ1) is 19.8. The van der Waals surface area contributed by atoms with Crippen LogP contribution in [0.15, 0.2) is 42.5 Å². The van der Waals surface area contributed by atoms with Crippen molar-refractivity contribution in [1.82, 2.24) is 9.88 Å². The summed E-state index contributed by atoms with van der Waals surface area (Å²) < 4.78 is 18.4. The van der Waals surface area contributed by atoms with E-state index in [-0.39, 0.29) is 12.2 Å². The van der Waals surface area contributed by atoms with Gasteiger partial charge in [0.15, 0.2) is 11.5 Å². The third-order valence-electron chi connectivity index (χ3n) is 4.17. The van der Waals surface area contributed by atoms with E-state index in [1.54, 1.807) is 23.1 Å². The average Bonchev–Trinajstić information content (AvgIpc) is 3.00. The topological polar surface area (TPSA) is 60.9 Å². The van der Waals surface area contributed by atoms with Gasteiger partial charge in [0.05, 0.1) is 23.3 Å². The SMILES string of the molecule is CC(C)(C)OC(=O)N1CC(Oc2cc(Cl)ccc2Oc2nc3ccccc3s2)C1. The number of halogens is 1. The number of ether oxygens (including phenoxy) is 3. The number of amides is 1. The number of benzene rings is 2. The maximum atomic E-state index is 12.1. The third-order valence-corrected chi connectivity index (χ3v) is 5.32. The Balaban J connectivity index is 1.43. The monoisotopic (exact) mass is 432 g/mol. The number of nitrogens with zero attached hydrogens (tertiary/aromatic N) is 2. The molecule has 0 radical (unpaired) electrons. The summed E-state index contributed by atoms with van der Waals surface area (Å²) in [5.41, 5.74) is 0.366. The number of likely N-dealkylation sites (tertiary alicyclic amines) is 1. The predicted octanol–water partition coefficient (Wildman–Crippen LogP) is 5.74. The zero-order valence-corrected chi connectivity index (χ0v) is 17.9. The third kappa shape index (κ3) is 4.74. The first-order chi connectivity index (χ1) is 13.8. The molecule has 1 aromatic heterocycles. The largest absolute Gasteiger partial charge is 0.483 e. The van der Waals surface area contributed by atoms with Crippen LogP contribution in [0.2, 0.25) is 5.02 Å². The van der Waals surface area contributed by atoms with E-state index in [4.69, 9.17) is 25.8 Å².